The molecule has 3 amide bonds. The molecular weight excluding hydrogens is 302 g/mol. The molecule has 0 unspecified atom stereocenters. The largest absolute Gasteiger partial charge is 0.343 e. The zero-order valence-corrected chi connectivity index (χ0v) is 14.2. The molecule has 0 aliphatic carbocycles. The Hall–Kier alpha value is -1.71. The summed E-state index contributed by atoms with van der Waals surface area (Å²) in [6.07, 6.45) is 1.75. The number of amides is 3. The summed E-state index contributed by atoms with van der Waals surface area (Å²) >= 11 is 0. The molecule has 0 aromatic carbocycles. The number of carbonyl (C=O) groups is 3. The standard InChI is InChI=1S/C14H29N5O4/c1-5-6-7-10(12(20)18-23)19(16)14(22)9(4)17-13(21)11(15)8(2)3/h8-11,23H,5-7,15-16H2,1-4H3,(H,17,21)(H,18,20)/t9-,10-,11-/m0/s1. The zero-order valence-electron chi connectivity index (χ0n) is 14.2. The first-order chi connectivity index (χ1) is 10.7. The number of unbranched alkanes of at least 4 members (excludes halogenated alkanes) is 1. The van der Waals surface area contributed by atoms with Crippen LogP contribution < -0.4 is 22.4 Å². The van der Waals surface area contributed by atoms with Gasteiger partial charge in [-0.05, 0) is 19.3 Å². The molecule has 0 fully saturated rings. The maximum absolute atomic E-state index is 12.3. The van der Waals surface area contributed by atoms with E-state index in [1.807, 2.05) is 6.92 Å². The van der Waals surface area contributed by atoms with Crippen molar-refractivity contribution in [3.8, 4) is 0 Å². The van der Waals surface area contributed by atoms with E-state index in [2.05, 4.69) is 5.32 Å². The van der Waals surface area contributed by atoms with E-state index in [4.69, 9.17) is 16.8 Å². The van der Waals surface area contributed by atoms with Crippen LogP contribution in [0.15, 0.2) is 0 Å². The number of carbonyl (C=O) groups excluding carboxylic acids is 3. The van der Waals surface area contributed by atoms with Gasteiger partial charge in [0.2, 0.25) is 5.91 Å². The average Bonchev–Trinajstić information content (AvgIpc) is 2.52. The lowest BCUT2D eigenvalue weighted by Crippen LogP contribution is -2.59. The molecule has 0 aliphatic heterocycles. The smallest absolute Gasteiger partial charge is 0.267 e. The van der Waals surface area contributed by atoms with Crippen molar-refractivity contribution < 1.29 is 19.6 Å². The van der Waals surface area contributed by atoms with E-state index in [1.54, 1.807) is 13.8 Å². The van der Waals surface area contributed by atoms with E-state index in [0.717, 1.165) is 11.4 Å². The van der Waals surface area contributed by atoms with Crippen molar-refractivity contribution in [2.24, 2.45) is 17.5 Å². The first-order valence-electron chi connectivity index (χ1n) is 7.74. The van der Waals surface area contributed by atoms with Gasteiger partial charge in [-0.25, -0.2) is 11.3 Å². The quantitative estimate of drug-likeness (QED) is 0.162. The number of rotatable bonds is 9. The Morgan fingerprint density at radius 2 is 1.74 bits per heavy atom. The van der Waals surface area contributed by atoms with Crippen LogP contribution in [0, 0.1) is 5.92 Å². The van der Waals surface area contributed by atoms with Crippen LogP contribution in [0.3, 0.4) is 0 Å². The number of nitrogens with zero attached hydrogens (tertiary/aromatic N) is 1. The monoisotopic (exact) mass is 331 g/mol. The van der Waals surface area contributed by atoms with E-state index < -0.39 is 35.8 Å². The van der Waals surface area contributed by atoms with E-state index in [9.17, 15) is 14.4 Å². The van der Waals surface area contributed by atoms with Gasteiger partial charge < -0.3 is 11.1 Å². The molecular formula is C14H29N5O4. The lowest BCUT2D eigenvalue weighted by molar-refractivity contribution is -0.147. The predicted octanol–water partition coefficient (Wildman–Crippen LogP) is -0.759. The number of hydrogen-bond donors (Lipinski definition) is 5. The fourth-order valence-corrected chi connectivity index (χ4v) is 1.92. The maximum atomic E-state index is 12.3. The summed E-state index contributed by atoms with van der Waals surface area (Å²) < 4.78 is 0. The molecule has 9 heteroatoms. The van der Waals surface area contributed by atoms with Crippen LogP contribution in [-0.2, 0) is 14.4 Å². The molecule has 9 nitrogen and oxygen atoms in total. The third kappa shape index (κ3) is 6.51. The van der Waals surface area contributed by atoms with E-state index in [1.165, 1.54) is 12.4 Å². The molecule has 0 heterocycles. The molecule has 134 valence electrons. The molecule has 0 aliphatic rings. The van der Waals surface area contributed by atoms with E-state index >= 15 is 0 Å². The third-order valence-electron chi connectivity index (χ3n) is 3.58. The molecule has 0 radical (unpaired) electrons. The third-order valence-corrected chi connectivity index (χ3v) is 3.58. The van der Waals surface area contributed by atoms with Gasteiger partial charge in [-0.15, -0.1) is 0 Å². The maximum Gasteiger partial charge on any atom is 0.267 e. The normalized spacial score (nSPS) is 14.8. The fourth-order valence-electron chi connectivity index (χ4n) is 1.92. The van der Waals surface area contributed by atoms with Crippen LogP contribution in [0.1, 0.15) is 47.0 Å². The van der Waals surface area contributed by atoms with Gasteiger partial charge in [-0.1, -0.05) is 33.6 Å². The Balaban J connectivity index is 4.88. The number of nitrogens with two attached hydrogens (primary N) is 2. The zero-order chi connectivity index (χ0) is 18.2. The second kappa shape index (κ2) is 10.1. The van der Waals surface area contributed by atoms with Gasteiger partial charge in [-0.2, -0.15) is 0 Å². The number of hydroxylamine groups is 1. The lowest BCUT2D eigenvalue weighted by Gasteiger charge is -2.29. The highest BCUT2D eigenvalue weighted by Gasteiger charge is 2.31. The van der Waals surface area contributed by atoms with Crippen molar-refractivity contribution in [1.29, 1.82) is 0 Å². The molecule has 0 saturated carbocycles. The molecule has 0 spiro atoms. The molecule has 0 aromatic heterocycles. The van der Waals surface area contributed by atoms with E-state index in [-0.39, 0.29) is 5.92 Å². The van der Waals surface area contributed by atoms with Gasteiger partial charge in [0.25, 0.3) is 11.8 Å². The topological polar surface area (TPSA) is 151 Å². The summed E-state index contributed by atoms with van der Waals surface area (Å²) in [4.78, 5) is 35.8. The average molecular weight is 331 g/mol. The minimum Gasteiger partial charge on any atom is -0.343 e. The van der Waals surface area contributed by atoms with Crippen molar-refractivity contribution in [3.05, 3.63) is 0 Å². The molecule has 0 rings (SSSR count). The van der Waals surface area contributed by atoms with Crippen molar-refractivity contribution in [2.75, 3.05) is 0 Å². The summed E-state index contributed by atoms with van der Waals surface area (Å²) in [6.45, 7) is 6.96. The second-order valence-electron chi connectivity index (χ2n) is 5.88. The summed E-state index contributed by atoms with van der Waals surface area (Å²) in [7, 11) is 0. The molecule has 7 N–H and O–H groups in total. The Morgan fingerprint density at radius 3 is 2.17 bits per heavy atom. The van der Waals surface area contributed by atoms with Gasteiger partial charge in [-0.3, -0.25) is 24.6 Å². The Kier molecular flexibility index (Phi) is 9.38. The van der Waals surface area contributed by atoms with Gasteiger partial charge in [0, 0.05) is 0 Å². The van der Waals surface area contributed by atoms with Crippen LogP contribution in [0.4, 0.5) is 0 Å². The summed E-state index contributed by atoms with van der Waals surface area (Å²) in [6, 6.07) is -2.69. The van der Waals surface area contributed by atoms with E-state index in [0.29, 0.717) is 12.8 Å². The van der Waals surface area contributed by atoms with Crippen LogP contribution in [-0.4, -0.2) is 46.1 Å². The minimum absolute atomic E-state index is 0.0799. The summed E-state index contributed by atoms with van der Waals surface area (Å²) in [5, 5.41) is 12.0. The van der Waals surface area contributed by atoms with Gasteiger partial charge >= 0.3 is 0 Å². The van der Waals surface area contributed by atoms with Crippen LogP contribution in [0.5, 0.6) is 0 Å². The highest BCUT2D eigenvalue weighted by molar-refractivity contribution is 5.92. The number of hydrogen-bond acceptors (Lipinski definition) is 6. The molecule has 0 aromatic rings. The van der Waals surface area contributed by atoms with Crippen molar-refractivity contribution >= 4 is 17.7 Å². The van der Waals surface area contributed by atoms with Gasteiger partial charge in [0.1, 0.15) is 12.1 Å². The second-order valence-corrected chi connectivity index (χ2v) is 5.88. The first-order valence-corrected chi connectivity index (χ1v) is 7.74. The van der Waals surface area contributed by atoms with Crippen molar-refractivity contribution in [2.45, 2.75) is 65.1 Å². The molecule has 0 saturated heterocycles. The predicted molar refractivity (Wildman–Crippen MR) is 84.7 cm³/mol. The highest BCUT2D eigenvalue weighted by atomic mass is 16.5. The Labute approximate surface area is 136 Å². The molecule has 0 bridgehead atoms. The van der Waals surface area contributed by atoms with Crippen LogP contribution in [0.2, 0.25) is 0 Å². The highest BCUT2D eigenvalue weighted by Crippen LogP contribution is 2.08. The van der Waals surface area contributed by atoms with Crippen molar-refractivity contribution in [1.82, 2.24) is 15.8 Å². The Bertz CT molecular complexity index is 416. The van der Waals surface area contributed by atoms with Crippen molar-refractivity contribution in [3.63, 3.8) is 0 Å². The van der Waals surface area contributed by atoms with Crippen LogP contribution >= 0.6 is 0 Å². The SMILES string of the molecule is CCCC[C@@H](C(=O)NO)N(N)C(=O)[C@H](C)NC(=O)[C@@H](N)C(C)C. The van der Waals surface area contributed by atoms with Crippen LogP contribution in [0.25, 0.3) is 0 Å². The number of hydrazine groups is 1. The minimum atomic E-state index is -1.01. The Morgan fingerprint density at radius 1 is 1.17 bits per heavy atom. The summed E-state index contributed by atoms with van der Waals surface area (Å²) in [5.41, 5.74) is 7.22. The molecule has 3 atom stereocenters. The fraction of sp³-hybridized carbons (Fsp3) is 0.786. The molecule has 23 heavy (non-hydrogen) atoms. The first kappa shape index (κ1) is 21.3. The van der Waals surface area contributed by atoms with Gasteiger partial charge in [0.05, 0.1) is 6.04 Å². The lowest BCUT2D eigenvalue weighted by atomic mass is 10.0. The number of nitrogens with one attached hydrogen (secondary N) is 2. The van der Waals surface area contributed by atoms with Gasteiger partial charge in [0.15, 0.2) is 0 Å². The summed E-state index contributed by atoms with van der Waals surface area (Å²) in [5.74, 6) is 3.76.